The van der Waals surface area contributed by atoms with Gasteiger partial charge in [-0.25, -0.2) is 4.98 Å². The van der Waals surface area contributed by atoms with Crippen LogP contribution in [-0.4, -0.2) is 15.3 Å². The quantitative estimate of drug-likeness (QED) is 0.709. The van der Waals surface area contributed by atoms with Gasteiger partial charge in [0.05, 0.1) is 12.0 Å². The molecule has 0 spiro atoms. The van der Waals surface area contributed by atoms with Gasteiger partial charge in [0, 0.05) is 18.7 Å². The van der Waals surface area contributed by atoms with E-state index in [4.69, 9.17) is 0 Å². The number of rotatable bonds is 4. The van der Waals surface area contributed by atoms with E-state index >= 15 is 0 Å². The Morgan fingerprint density at radius 3 is 2.69 bits per heavy atom. The molecule has 3 heteroatoms. The van der Waals surface area contributed by atoms with Gasteiger partial charge in [0.15, 0.2) is 0 Å². The van der Waals surface area contributed by atoms with Crippen molar-refractivity contribution in [3.63, 3.8) is 0 Å². The molecule has 0 aromatic carbocycles. The van der Waals surface area contributed by atoms with E-state index in [0.29, 0.717) is 6.42 Å². The summed E-state index contributed by atoms with van der Waals surface area (Å²) in [5.41, 5.74) is 2.27. The number of aryl methyl sites for hydroxylation is 2. The smallest absolute Gasteiger partial charge is 0.129 e. The third kappa shape index (κ3) is 2.68. The number of aromatic nitrogens is 2. The molecule has 0 saturated heterocycles. The summed E-state index contributed by atoms with van der Waals surface area (Å²) in [5.74, 6) is 0.259. The highest BCUT2D eigenvalue weighted by Gasteiger charge is 2.01. The van der Waals surface area contributed by atoms with E-state index < -0.39 is 0 Å². The predicted octanol–water partition coefficient (Wildman–Crippen LogP) is 1.87. The van der Waals surface area contributed by atoms with Gasteiger partial charge in [-0.3, -0.25) is 0 Å². The minimum Gasteiger partial charge on any atom is -0.335 e. The lowest BCUT2D eigenvalue weighted by molar-refractivity contribution is -0.117. The molecule has 3 nitrogen and oxygen atoms in total. The summed E-state index contributed by atoms with van der Waals surface area (Å²) in [6.45, 7) is 6.57. The first-order valence-corrected chi connectivity index (χ1v) is 4.59. The van der Waals surface area contributed by atoms with Crippen molar-refractivity contribution in [3.8, 4) is 0 Å². The van der Waals surface area contributed by atoms with Gasteiger partial charge in [-0.1, -0.05) is 0 Å². The normalized spacial score (nSPS) is 10.4. The van der Waals surface area contributed by atoms with Crippen LogP contribution in [0.1, 0.15) is 31.2 Å². The van der Waals surface area contributed by atoms with Crippen LogP contribution in [0.15, 0.2) is 6.33 Å². The number of carbonyl (C=O) groups excluding carboxylic acids is 1. The Bertz CT molecular complexity index is 302. The van der Waals surface area contributed by atoms with E-state index in [2.05, 4.69) is 16.5 Å². The lowest BCUT2D eigenvalue weighted by atomic mass is 10.2. The number of Topliss-reactive ketones (excluding diaryl/α,β-unsaturated/α-hetero) is 1. The molecule has 1 heterocycles. The van der Waals surface area contributed by atoms with Crippen LogP contribution in [0.4, 0.5) is 0 Å². The first-order chi connectivity index (χ1) is 6.11. The third-order valence-electron chi connectivity index (χ3n) is 2.27. The molecular weight excluding hydrogens is 164 g/mol. The molecule has 0 fully saturated rings. The fraction of sp³-hybridized carbons (Fsp3) is 0.600. The number of ketones is 1. The van der Waals surface area contributed by atoms with E-state index in [0.717, 1.165) is 18.7 Å². The topological polar surface area (TPSA) is 34.9 Å². The molecule has 0 bridgehead atoms. The van der Waals surface area contributed by atoms with Gasteiger partial charge >= 0.3 is 0 Å². The molecule has 0 unspecified atom stereocenters. The number of imidazole rings is 1. The monoisotopic (exact) mass is 180 g/mol. The standard InChI is InChI=1S/C10H16N2O/c1-8(13)5-4-6-12-7-11-9(2)10(12)3/h7H,4-6H2,1-3H3. The lowest BCUT2D eigenvalue weighted by Crippen LogP contribution is -2.01. The molecule has 0 aliphatic rings. The van der Waals surface area contributed by atoms with E-state index in [1.165, 1.54) is 5.69 Å². The van der Waals surface area contributed by atoms with E-state index in [1.807, 2.05) is 13.3 Å². The summed E-state index contributed by atoms with van der Waals surface area (Å²) in [6, 6.07) is 0. The second-order valence-corrected chi connectivity index (χ2v) is 3.41. The zero-order valence-electron chi connectivity index (χ0n) is 8.50. The fourth-order valence-corrected chi connectivity index (χ4v) is 1.27. The van der Waals surface area contributed by atoms with Crippen LogP contribution < -0.4 is 0 Å². The van der Waals surface area contributed by atoms with E-state index in [-0.39, 0.29) is 5.78 Å². The highest BCUT2D eigenvalue weighted by molar-refractivity contribution is 5.75. The van der Waals surface area contributed by atoms with Crippen molar-refractivity contribution in [2.45, 2.75) is 40.2 Å². The van der Waals surface area contributed by atoms with Crippen molar-refractivity contribution in [2.75, 3.05) is 0 Å². The molecule has 0 aliphatic heterocycles. The van der Waals surface area contributed by atoms with Crippen LogP contribution >= 0.6 is 0 Å². The van der Waals surface area contributed by atoms with E-state index in [1.54, 1.807) is 6.92 Å². The Hall–Kier alpha value is -1.12. The Labute approximate surface area is 78.8 Å². The highest BCUT2D eigenvalue weighted by atomic mass is 16.1. The molecule has 1 aromatic heterocycles. The Kier molecular flexibility index (Phi) is 3.23. The van der Waals surface area contributed by atoms with Crippen molar-refractivity contribution >= 4 is 5.78 Å². The average molecular weight is 180 g/mol. The van der Waals surface area contributed by atoms with Gasteiger partial charge in [-0.15, -0.1) is 0 Å². The molecule has 13 heavy (non-hydrogen) atoms. The Balaban J connectivity index is 2.45. The fourth-order valence-electron chi connectivity index (χ4n) is 1.27. The second-order valence-electron chi connectivity index (χ2n) is 3.41. The molecule has 1 rings (SSSR count). The van der Waals surface area contributed by atoms with Gasteiger partial charge in [0.2, 0.25) is 0 Å². The van der Waals surface area contributed by atoms with Crippen LogP contribution in [0.5, 0.6) is 0 Å². The maximum Gasteiger partial charge on any atom is 0.129 e. The first-order valence-electron chi connectivity index (χ1n) is 4.59. The first kappa shape index (κ1) is 9.96. The van der Waals surface area contributed by atoms with Gasteiger partial charge in [-0.2, -0.15) is 0 Å². The maximum absolute atomic E-state index is 10.7. The number of hydrogen-bond acceptors (Lipinski definition) is 2. The van der Waals surface area contributed by atoms with Gasteiger partial charge in [-0.05, 0) is 27.2 Å². The van der Waals surface area contributed by atoms with Gasteiger partial charge in [0.1, 0.15) is 5.78 Å². The van der Waals surface area contributed by atoms with Crippen LogP contribution in [-0.2, 0) is 11.3 Å². The van der Waals surface area contributed by atoms with E-state index in [9.17, 15) is 4.79 Å². The third-order valence-corrected chi connectivity index (χ3v) is 2.27. The number of nitrogens with zero attached hydrogens (tertiary/aromatic N) is 2. The van der Waals surface area contributed by atoms with Crippen molar-refractivity contribution in [2.24, 2.45) is 0 Å². The van der Waals surface area contributed by atoms with Crippen molar-refractivity contribution in [1.82, 2.24) is 9.55 Å². The average Bonchev–Trinajstić information content (AvgIpc) is 2.35. The molecule has 72 valence electrons. The van der Waals surface area contributed by atoms with Crippen LogP contribution in [0, 0.1) is 13.8 Å². The second kappa shape index (κ2) is 4.21. The summed E-state index contributed by atoms with van der Waals surface area (Å²) < 4.78 is 2.10. The molecule has 0 N–H and O–H groups in total. The molecule has 1 aromatic rings. The summed E-state index contributed by atoms with van der Waals surface area (Å²) >= 11 is 0. The Morgan fingerprint density at radius 1 is 1.54 bits per heavy atom. The van der Waals surface area contributed by atoms with Gasteiger partial charge in [0.25, 0.3) is 0 Å². The zero-order valence-corrected chi connectivity index (χ0v) is 8.50. The molecule has 0 aliphatic carbocycles. The highest BCUT2D eigenvalue weighted by Crippen LogP contribution is 2.05. The minimum absolute atomic E-state index is 0.259. The predicted molar refractivity (Wildman–Crippen MR) is 51.6 cm³/mol. The summed E-state index contributed by atoms with van der Waals surface area (Å²) in [7, 11) is 0. The molecule has 0 atom stereocenters. The zero-order chi connectivity index (χ0) is 9.84. The van der Waals surface area contributed by atoms with Crippen molar-refractivity contribution in [3.05, 3.63) is 17.7 Å². The SMILES string of the molecule is CC(=O)CCCn1cnc(C)c1C. The molecule has 0 saturated carbocycles. The van der Waals surface area contributed by atoms with Crippen LogP contribution in [0.3, 0.4) is 0 Å². The summed E-state index contributed by atoms with van der Waals surface area (Å²) in [5, 5.41) is 0. The Morgan fingerprint density at radius 2 is 2.23 bits per heavy atom. The molecular formula is C10H16N2O. The number of hydrogen-bond donors (Lipinski definition) is 0. The summed E-state index contributed by atoms with van der Waals surface area (Å²) in [6.07, 6.45) is 3.41. The number of carbonyl (C=O) groups is 1. The maximum atomic E-state index is 10.7. The van der Waals surface area contributed by atoms with Crippen molar-refractivity contribution in [1.29, 1.82) is 0 Å². The minimum atomic E-state index is 0.259. The van der Waals surface area contributed by atoms with Crippen LogP contribution in [0.25, 0.3) is 0 Å². The molecule has 0 radical (unpaired) electrons. The van der Waals surface area contributed by atoms with Gasteiger partial charge < -0.3 is 9.36 Å². The lowest BCUT2D eigenvalue weighted by Gasteiger charge is -2.03. The van der Waals surface area contributed by atoms with Crippen molar-refractivity contribution < 1.29 is 4.79 Å². The largest absolute Gasteiger partial charge is 0.335 e. The summed E-state index contributed by atoms with van der Waals surface area (Å²) in [4.78, 5) is 14.9. The molecule has 0 amide bonds. The van der Waals surface area contributed by atoms with Crippen LogP contribution in [0.2, 0.25) is 0 Å².